The number of allylic oxidation sites excluding steroid dienone is 1. The van der Waals surface area contributed by atoms with Crippen molar-refractivity contribution in [3.05, 3.63) is 66.2 Å². The summed E-state index contributed by atoms with van der Waals surface area (Å²) in [6.45, 7) is 4.44. The Hall–Kier alpha value is -3.41. The van der Waals surface area contributed by atoms with Gasteiger partial charge in [0.25, 0.3) is 0 Å². The number of sulfonamides is 1. The highest BCUT2D eigenvalue weighted by Crippen LogP contribution is 2.27. The van der Waals surface area contributed by atoms with Crippen molar-refractivity contribution in [2.75, 3.05) is 24.4 Å². The molecule has 1 saturated heterocycles. The van der Waals surface area contributed by atoms with Gasteiger partial charge in [-0.3, -0.25) is 15.0 Å². The van der Waals surface area contributed by atoms with Gasteiger partial charge in [0.1, 0.15) is 5.75 Å². The standard InChI is InChI=1S/C30H41N3O7S/c1-22(2)21-27(29(34)31-33(41(4,36)37)24-16-18-25(38-3)19-17-24)26(14-10-13-23-11-6-5-7-12-23)30(35)32-40-28-15-8-9-20-39-28/h5-7,10-13,16-19,22,26-28H,8-9,14-15,20-21H2,1-4H3,(H,31,34)(H,32,35)/t26-,27+,28?/m0/s1. The number of hydrogen-bond donors (Lipinski definition) is 2. The Morgan fingerprint density at radius 2 is 1.76 bits per heavy atom. The Labute approximate surface area is 243 Å². The molecule has 2 amide bonds. The molecule has 0 bridgehead atoms. The molecule has 1 unspecified atom stereocenters. The summed E-state index contributed by atoms with van der Waals surface area (Å²) >= 11 is 0. The molecule has 1 fully saturated rings. The zero-order valence-corrected chi connectivity index (χ0v) is 24.9. The number of nitrogens with one attached hydrogen (secondary N) is 2. The van der Waals surface area contributed by atoms with Gasteiger partial charge in [-0.1, -0.05) is 56.3 Å². The van der Waals surface area contributed by atoms with Gasteiger partial charge in [-0.25, -0.2) is 18.7 Å². The lowest BCUT2D eigenvalue weighted by atomic mass is 9.82. The molecule has 11 heteroatoms. The van der Waals surface area contributed by atoms with Crippen molar-refractivity contribution in [3.8, 4) is 5.75 Å². The van der Waals surface area contributed by atoms with E-state index in [-0.39, 0.29) is 18.0 Å². The van der Waals surface area contributed by atoms with Gasteiger partial charge in [0, 0.05) is 13.0 Å². The quantitative estimate of drug-likeness (QED) is 0.313. The van der Waals surface area contributed by atoms with Crippen LogP contribution >= 0.6 is 0 Å². The minimum absolute atomic E-state index is 0.0365. The summed E-state index contributed by atoms with van der Waals surface area (Å²) in [5.41, 5.74) is 6.25. The Kier molecular flexibility index (Phi) is 12.2. The van der Waals surface area contributed by atoms with E-state index in [1.165, 1.54) is 19.2 Å². The number of hydroxylamine groups is 1. The molecule has 1 heterocycles. The van der Waals surface area contributed by atoms with E-state index in [1.807, 2.05) is 56.3 Å². The molecule has 3 rings (SSSR count). The molecule has 1 aliphatic heterocycles. The smallest absolute Gasteiger partial charge is 0.249 e. The molecule has 0 saturated carbocycles. The van der Waals surface area contributed by atoms with Gasteiger partial charge in [-0.05, 0) is 61.4 Å². The first-order valence-electron chi connectivity index (χ1n) is 13.8. The van der Waals surface area contributed by atoms with E-state index in [4.69, 9.17) is 14.3 Å². The van der Waals surface area contributed by atoms with E-state index in [0.717, 1.165) is 29.1 Å². The number of carbonyl (C=O) groups excluding carboxylic acids is 2. The highest BCUT2D eigenvalue weighted by atomic mass is 32.2. The number of hydrazine groups is 1. The SMILES string of the molecule is COc1ccc(N(NC(=O)[C@H](CC(C)C)[C@H](CC=Cc2ccccc2)C(=O)NOC2CCCCO2)S(C)(=O)=O)cc1. The molecule has 10 nitrogen and oxygen atoms in total. The van der Waals surface area contributed by atoms with Crippen molar-refractivity contribution >= 4 is 33.6 Å². The van der Waals surface area contributed by atoms with Crippen molar-refractivity contribution in [1.82, 2.24) is 10.9 Å². The number of rotatable bonds is 14. The predicted molar refractivity (Wildman–Crippen MR) is 158 cm³/mol. The minimum Gasteiger partial charge on any atom is -0.497 e. The average molecular weight is 588 g/mol. The lowest BCUT2D eigenvalue weighted by Crippen LogP contribution is -2.51. The second kappa shape index (κ2) is 15.6. The number of nitrogens with zero attached hydrogens (tertiary/aromatic N) is 1. The number of hydrogen-bond acceptors (Lipinski definition) is 7. The zero-order chi connectivity index (χ0) is 29.8. The third kappa shape index (κ3) is 10.2. The molecule has 1 aliphatic rings. The van der Waals surface area contributed by atoms with Crippen molar-refractivity contribution in [1.29, 1.82) is 0 Å². The largest absolute Gasteiger partial charge is 0.497 e. The van der Waals surface area contributed by atoms with Crippen molar-refractivity contribution < 1.29 is 32.3 Å². The Balaban J connectivity index is 1.88. The number of benzene rings is 2. The fraction of sp³-hybridized carbons (Fsp3) is 0.467. The van der Waals surface area contributed by atoms with E-state index >= 15 is 0 Å². The van der Waals surface area contributed by atoms with Crippen LogP contribution in [0.5, 0.6) is 5.75 Å². The summed E-state index contributed by atoms with van der Waals surface area (Å²) in [6, 6.07) is 15.9. The molecular formula is C30H41N3O7S. The molecular weight excluding hydrogens is 546 g/mol. The van der Waals surface area contributed by atoms with Crippen LogP contribution in [0.2, 0.25) is 0 Å². The fourth-order valence-electron chi connectivity index (χ4n) is 4.57. The summed E-state index contributed by atoms with van der Waals surface area (Å²) in [6.07, 6.45) is 7.24. The molecule has 2 aromatic carbocycles. The van der Waals surface area contributed by atoms with Gasteiger partial charge < -0.3 is 9.47 Å². The van der Waals surface area contributed by atoms with Gasteiger partial charge >= 0.3 is 0 Å². The molecule has 224 valence electrons. The predicted octanol–water partition coefficient (Wildman–Crippen LogP) is 4.45. The summed E-state index contributed by atoms with van der Waals surface area (Å²) < 4.78 is 37.0. The summed E-state index contributed by atoms with van der Waals surface area (Å²) in [5, 5.41) is 0. The van der Waals surface area contributed by atoms with Crippen molar-refractivity contribution in [2.24, 2.45) is 17.8 Å². The van der Waals surface area contributed by atoms with Gasteiger partial charge in [0.05, 0.1) is 30.9 Å². The molecule has 2 N–H and O–H groups in total. The number of anilines is 1. The van der Waals surface area contributed by atoms with E-state index in [9.17, 15) is 18.0 Å². The van der Waals surface area contributed by atoms with Crippen LogP contribution in [0.3, 0.4) is 0 Å². The highest BCUT2D eigenvalue weighted by Gasteiger charge is 2.36. The monoisotopic (exact) mass is 587 g/mol. The molecule has 41 heavy (non-hydrogen) atoms. The Morgan fingerprint density at radius 3 is 2.34 bits per heavy atom. The van der Waals surface area contributed by atoms with Crippen LogP contribution in [0.4, 0.5) is 5.69 Å². The number of amides is 2. The average Bonchev–Trinajstić information content (AvgIpc) is 2.96. The number of carbonyl (C=O) groups is 2. The van der Waals surface area contributed by atoms with Gasteiger partial charge in [0.2, 0.25) is 21.8 Å². The summed E-state index contributed by atoms with van der Waals surface area (Å²) in [4.78, 5) is 32.9. The van der Waals surface area contributed by atoms with Gasteiger partial charge in [0.15, 0.2) is 6.29 Å². The Bertz CT molecular complexity index is 1240. The molecule has 0 radical (unpaired) electrons. The maximum absolute atomic E-state index is 13.8. The molecule has 0 aliphatic carbocycles. The topological polar surface area (TPSA) is 123 Å². The second-order valence-corrected chi connectivity index (χ2v) is 12.3. The van der Waals surface area contributed by atoms with Crippen molar-refractivity contribution in [2.45, 2.75) is 52.2 Å². The molecule has 0 aromatic heterocycles. The van der Waals surface area contributed by atoms with E-state index < -0.39 is 40.0 Å². The second-order valence-electron chi connectivity index (χ2n) is 10.5. The third-order valence-electron chi connectivity index (χ3n) is 6.66. The highest BCUT2D eigenvalue weighted by molar-refractivity contribution is 7.92. The van der Waals surface area contributed by atoms with Gasteiger partial charge in [-0.15, -0.1) is 0 Å². The van der Waals surface area contributed by atoms with Gasteiger partial charge in [-0.2, -0.15) is 4.41 Å². The molecule has 3 atom stereocenters. The first-order chi connectivity index (χ1) is 19.6. The number of methoxy groups -OCH3 is 1. The molecule has 2 aromatic rings. The lowest BCUT2D eigenvalue weighted by molar-refractivity contribution is -0.203. The normalized spacial score (nSPS) is 17.1. The van der Waals surface area contributed by atoms with Crippen LogP contribution in [0, 0.1) is 17.8 Å². The van der Waals surface area contributed by atoms with E-state index in [2.05, 4.69) is 10.9 Å². The summed E-state index contributed by atoms with van der Waals surface area (Å²) in [7, 11) is -2.41. The molecule has 0 spiro atoms. The summed E-state index contributed by atoms with van der Waals surface area (Å²) in [5.74, 6) is -2.22. The van der Waals surface area contributed by atoms with Crippen LogP contribution in [0.15, 0.2) is 60.7 Å². The maximum Gasteiger partial charge on any atom is 0.249 e. The minimum atomic E-state index is -3.91. The van der Waals surface area contributed by atoms with Crippen LogP contribution < -0.4 is 20.1 Å². The maximum atomic E-state index is 13.8. The van der Waals surface area contributed by atoms with Crippen LogP contribution in [0.25, 0.3) is 6.08 Å². The van der Waals surface area contributed by atoms with Crippen LogP contribution in [0.1, 0.15) is 51.5 Å². The van der Waals surface area contributed by atoms with E-state index in [1.54, 1.807) is 12.1 Å². The number of ether oxygens (including phenoxy) is 2. The first-order valence-corrected chi connectivity index (χ1v) is 15.7. The lowest BCUT2D eigenvalue weighted by Gasteiger charge is -2.30. The first kappa shape index (κ1) is 32.1. The van der Waals surface area contributed by atoms with Crippen LogP contribution in [-0.2, 0) is 29.2 Å². The third-order valence-corrected chi connectivity index (χ3v) is 7.63. The van der Waals surface area contributed by atoms with Crippen LogP contribution in [-0.4, -0.2) is 46.5 Å². The van der Waals surface area contributed by atoms with E-state index in [0.29, 0.717) is 25.2 Å². The Morgan fingerprint density at radius 1 is 1.05 bits per heavy atom. The fourth-order valence-corrected chi connectivity index (χ4v) is 5.33. The van der Waals surface area contributed by atoms with Crippen molar-refractivity contribution in [3.63, 3.8) is 0 Å². The zero-order valence-electron chi connectivity index (χ0n) is 24.1.